The monoisotopic (exact) mass is 273 g/mol. The summed E-state index contributed by atoms with van der Waals surface area (Å²) < 4.78 is 0. The van der Waals surface area contributed by atoms with Crippen molar-refractivity contribution in [1.82, 2.24) is 14.8 Å². The van der Waals surface area contributed by atoms with Gasteiger partial charge in [0.25, 0.3) is 5.91 Å². The molecule has 3 rings (SSSR count). The summed E-state index contributed by atoms with van der Waals surface area (Å²) in [5.41, 5.74) is 4.08. The second-order valence-electron chi connectivity index (χ2n) is 5.77. The van der Waals surface area contributed by atoms with Gasteiger partial charge >= 0.3 is 0 Å². The van der Waals surface area contributed by atoms with E-state index in [-0.39, 0.29) is 7.33 Å². The molecule has 0 unspecified atom stereocenters. The van der Waals surface area contributed by atoms with E-state index in [0.717, 1.165) is 48.3 Å². The number of nitrogens with zero attached hydrogens (tertiary/aromatic N) is 2. The maximum atomic E-state index is 12.7. The number of hydrogen-bond acceptors (Lipinski definition) is 2. The van der Waals surface area contributed by atoms with Crippen LogP contribution in [-0.2, 0) is 0 Å². The van der Waals surface area contributed by atoms with E-state index in [2.05, 4.69) is 42.1 Å². The Bertz CT molecular complexity index is 657. The summed E-state index contributed by atoms with van der Waals surface area (Å²) in [7, 11) is 2.10. The number of carbonyl (C=O) groups excluding carboxylic acids is 1. The van der Waals surface area contributed by atoms with E-state index in [9.17, 15) is 4.79 Å². The zero-order valence-electron chi connectivity index (χ0n) is 12.4. The van der Waals surface area contributed by atoms with Gasteiger partial charge in [-0.1, -0.05) is 11.6 Å². The molecule has 1 aromatic carbocycles. The highest BCUT2D eigenvalue weighted by molar-refractivity contribution is 6.01. The highest BCUT2D eigenvalue weighted by atomic mass is 16.2. The number of piperazine rings is 1. The topological polar surface area (TPSA) is 39.3 Å². The molecule has 1 saturated heterocycles. The summed E-state index contributed by atoms with van der Waals surface area (Å²) in [5, 5.41) is 1.16. The van der Waals surface area contributed by atoms with Crippen molar-refractivity contribution in [3.63, 3.8) is 0 Å². The van der Waals surface area contributed by atoms with Crippen LogP contribution in [0, 0.1) is 13.8 Å². The number of fused-ring (bicyclic) bond motifs is 1. The summed E-state index contributed by atoms with van der Waals surface area (Å²) in [4.78, 5) is 20.2. The molecule has 0 radical (unpaired) electrons. The molecule has 4 nitrogen and oxygen atoms in total. The van der Waals surface area contributed by atoms with Gasteiger partial charge in [0.2, 0.25) is 0 Å². The quantitative estimate of drug-likeness (QED) is 0.866. The van der Waals surface area contributed by atoms with Gasteiger partial charge in [-0.15, -0.1) is 0 Å². The number of nitrogens with one attached hydrogen (secondary N) is 1. The Morgan fingerprint density at radius 3 is 2.60 bits per heavy atom. The smallest absolute Gasteiger partial charge is 0.270 e. The van der Waals surface area contributed by atoms with Crippen molar-refractivity contribution in [2.75, 3.05) is 33.2 Å². The molecule has 1 amide bonds. The van der Waals surface area contributed by atoms with Crippen molar-refractivity contribution in [2.24, 2.45) is 0 Å². The standard InChI is InChI=1S/C16H21N3O.H2/c1-11-4-5-14-13(10-11)12(2)15(17-14)16(20)19-8-6-18(3)7-9-19;/h4-5,10,17H,6-9H2,1-3H3;1H. The lowest BCUT2D eigenvalue weighted by Gasteiger charge is -2.32. The Balaban J connectivity index is 0.00000161. The molecule has 0 aliphatic carbocycles. The molecule has 1 aromatic heterocycles. The average Bonchev–Trinajstić information content (AvgIpc) is 2.76. The molecule has 0 saturated carbocycles. The van der Waals surface area contributed by atoms with Crippen LogP contribution in [0.5, 0.6) is 0 Å². The van der Waals surface area contributed by atoms with E-state index in [1.807, 2.05) is 11.8 Å². The van der Waals surface area contributed by atoms with Gasteiger partial charge in [0.05, 0.1) is 0 Å². The number of aromatic amines is 1. The van der Waals surface area contributed by atoms with Crippen LogP contribution < -0.4 is 0 Å². The number of aromatic nitrogens is 1. The van der Waals surface area contributed by atoms with Crippen LogP contribution in [0.1, 0.15) is 23.0 Å². The lowest BCUT2D eigenvalue weighted by Crippen LogP contribution is -2.47. The molecule has 4 heteroatoms. The second-order valence-corrected chi connectivity index (χ2v) is 5.77. The van der Waals surface area contributed by atoms with Crippen molar-refractivity contribution < 1.29 is 6.22 Å². The highest BCUT2D eigenvalue weighted by Gasteiger charge is 2.23. The predicted molar refractivity (Wildman–Crippen MR) is 83.3 cm³/mol. The predicted octanol–water partition coefficient (Wildman–Crippen LogP) is 2.42. The van der Waals surface area contributed by atoms with Gasteiger partial charge in [-0.2, -0.15) is 0 Å². The Kier molecular flexibility index (Phi) is 3.26. The van der Waals surface area contributed by atoms with Crippen molar-refractivity contribution in [1.29, 1.82) is 0 Å². The summed E-state index contributed by atoms with van der Waals surface area (Å²) >= 11 is 0. The fraction of sp³-hybridized carbons (Fsp3) is 0.438. The molecule has 2 aromatic rings. The zero-order chi connectivity index (χ0) is 14.3. The molecule has 0 spiro atoms. The van der Waals surface area contributed by atoms with Crippen molar-refractivity contribution in [2.45, 2.75) is 13.8 Å². The van der Waals surface area contributed by atoms with Crippen molar-refractivity contribution >= 4 is 16.8 Å². The number of amides is 1. The molecular weight excluding hydrogens is 250 g/mol. The van der Waals surface area contributed by atoms with Crippen LogP contribution in [0.3, 0.4) is 0 Å². The van der Waals surface area contributed by atoms with Crippen LogP contribution in [0.15, 0.2) is 18.2 Å². The third kappa shape index (κ3) is 2.20. The number of likely N-dealkylation sites (N-methyl/N-ethyl adjacent to an activating group) is 1. The average molecular weight is 273 g/mol. The Labute approximate surface area is 120 Å². The normalized spacial score (nSPS) is 16.9. The minimum atomic E-state index is 0. The number of benzene rings is 1. The molecule has 0 atom stereocenters. The minimum Gasteiger partial charge on any atom is -0.350 e. The molecule has 1 aliphatic heterocycles. The molecular formula is C16H23N3O. The fourth-order valence-electron chi connectivity index (χ4n) is 2.82. The maximum Gasteiger partial charge on any atom is 0.270 e. The fourth-order valence-corrected chi connectivity index (χ4v) is 2.82. The lowest BCUT2D eigenvalue weighted by atomic mass is 10.1. The molecule has 1 aliphatic rings. The van der Waals surface area contributed by atoms with Crippen LogP contribution in [-0.4, -0.2) is 53.9 Å². The minimum absolute atomic E-state index is 0. The SMILES string of the molecule is Cc1ccc2[nH]c(C(=O)N3CCN(C)CC3)c(C)c2c1.[HH]. The summed E-state index contributed by atoms with van der Waals surface area (Å²) in [6.45, 7) is 7.62. The number of carbonyl (C=O) groups is 1. The van der Waals surface area contributed by atoms with Gasteiger partial charge in [0.1, 0.15) is 5.69 Å². The van der Waals surface area contributed by atoms with E-state index in [0.29, 0.717) is 0 Å². The first-order valence-electron chi connectivity index (χ1n) is 7.13. The Morgan fingerprint density at radius 1 is 1.20 bits per heavy atom. The number of H-pyrrole nitrogens is 1. The Morgan fingerprint density at radius 2 is 1.90 bits per heavy atom. The van der Waals surface area contributed by atoms with Gasteiger partial charge in [0.15, 0.2) is 0 Å². The number of hydrogen-bond donors (Lipinski definition) is 1. The van der Waals surface area contributed by atoms with Crippen molar-refractivity contribution in [3.05, 3.63) is 35.0 Å². The molecule has 1 fully saturated rings. The number of aryl methyl sites for hydroxylation is 2. The van der Waals surface area contributed by atoms with E-state index >= 15 is 0 Å². The summed E-state index contributed by atoms with van der Waals surface area (Å²) in [5.74, 6) is 0.129. The molecule has 20 heavy (non-hydrogen) atoms. The first-order chi connectivity index (χ1) is 9.56. The molecule has 1 N–H and O–H groups in total. The summed E-state index contributed by atoms with van der Waals surface area (Å²) in [6, 6.07) is 6.27. The Hall–Kier alpha value is -1.81. The highest BCUT2D eigenvalue weighted by Crippen LogP contribution is 2.24. The van der Waals surface area contributed by atoms with Crippen LogP contribution in [0.4, 0.5) is 0 Å². The van der Waals surface area contributed by atoms with E-state index < -0.39 is 0 Å². The van der Waals surface area contributed by atoms with Gasteiger partial charge in [-0.3, -0.25) is 4.79 Å². The largest absolute Gasteiger partial charge is 0.350 e. The maximum absolute atomic E-state index is 12.7. The van der Waals surface area contributed by atoms with E-state index in [1.54, 1.807) is 0 Å². The molecule has 0 bridgehead atoms. The van der Waals surface area contributed by atoms with E-state index in [4.69, 9.17) is 0 Å². The van der Waals surface area contributed by atoms with Gasteiger partial charge in [0, 0.05) is 38.5 Å². The second kappa shape index (κ2) is 4.94. The molecule has 108 valence electrons. The van der Waals surface area contributed by atoms with Gasteiger partial charge < -0.3 is 14.8 Å². The third-order valence-electron chi connectivity index (χ3n) is 4.22. The van der Waals surface area contributed by atoms with Gasteiger partial charge in [-0.25, -0.2) is 0 Å². The third-order valence-corrected chi connectivity index (χ3v) is 4.22. The van der Waals surface area contributed by atoms with Crippen molar-refractivity contribution in [3.8, 4) is 0 Å². The van der Waals surface area contributed by atoms with Gasteiger partial charge in [-0.05, 0) is 38.6 Å². The molecule has 2 heterocycles. The van der Waals surface area contributed by atoms with Crippen LogP contribution in [0.25, 0.3) is 10.9 Å². The lowest BCUT2D eigenvalue weighted by molar-refractivity contribution is 0.0658. The first-order valence-corrected chi connectivity index (χ1v) is 7.13. The summed E-state index contributed by atoms with van der Waals surface area (Å²) in [6.07, 6.45) is 0. The first kappa shape index (κ1) is 13.2. The van der Waals surface area contributed by atoms with E-state index in [1.165, 1.54) is 5.56 Å². The number of rotatable bonds is 1. The van der Waals surface area contributed by atoms with Crippen LogP contribution in [0.2, 0.25) is 0 Å². The zero-order valence-corrected chi connectivity index (χ0v) is 12.4. The van der Waals surface area contributed by atoms with Crippen LogP contribution >= 0.6 is 0 Å².